The minimum Gasteiger partial charge on any atom is -0.497 e. The summed E-state index contributed by atoms with van der Waals surface area (Å²) in [6.07, 6.45) is 6.39. The molecule has 202 valence electrons. The summed E-state index contributed by atoms with van der Waals surface area (Å²) in [6.45, 7) is 1.71. The molecule has 0 spiro atoms. The van der Waals surface area contributed by atoms with Crippen LogP contribution in [0.4, 0.5) is 5.69 Å². The molecule has 2 atom stereocenters. The first kappa shape index (κ1) is 27.3. The Bertz CT molecular complexity index is 1340. The van der Waals surface area contributed by atoms with Crippen molar-refractivity contribution in [2.24, 2.45) is 0 Å². The van der Waals surface area contributed by atoms with Gasteiger partial charge in [0.05, 0.1) is 27.7 Å². The van der Waals surface area contributed by atoms with Crippen molar-refractivity contribution < 1.29 is 13.2 Å². The van der Waals surface area contributed by atoms with Gasteiger partial charge in [0.2, 0.25) is 0 Å². The fourth-order valence-electron chi connectivity index (χ4n) is 6.13. The van der Waals surface area contributed by atoms with E-state index in [-0.39, 0.29) is 16.0 Å². The minimum absolute atomic E-state index is 0.133. The molecular weight excluding hydrogens is 539 g/mol. The maximum Gasteiger partial charge on any atom is 0.264 e. The van der Waals surface area contributed by atoms with E-state index in [1.165, 1.54) is 49.4 Å². The normalized spacial score (nSPS) is 21.2. The van der Waals surface area contributed by atoms with Crippen molar-refractivity contribution in [2.45, 2.75) is 61.4 Å². The van der Waals surface area contributed by atoms with E-state index >= 15 is 0 Å². The minimum atomic E-state index is -3.90. The molecule has 3 aromatic rings. The van der Waals surface area contributed by atoms with Crippen LogP contribution in [0.15, 0.2) is 77.7 Å². The molecule has 0 amide bonds. The number of benzene rings is 3. The average molecular weight is 574 g/mol. The van der Waals surface area contributed by atoms with E-state index in [0.717, 1.165) is 25.9 Å². The van der Waals surface area contributed by atoms with Crippen molar-refractivity contribution in [3.8, 4) is 5.75 Å². The number of hydrogen-bond donors (Lipinski definition) is 0. The number of anilines is 1. The van der Waals surface area contributed by atoms with Crippen LogP contribution in [0.1, 0.15) is 50.0 Å². The van der Waals surface area contributed by atoms with Gasteiger partial charge in [-0.1, -0.05) is 72.4 Å². The monoisotopic (exact) mass is 572 g/mol. The predicted octanol–water partition coefficient (Wildman–Crippen LogP) is 7.39. The van der Waals surface area contributed by atoms with Crippen molar-refractivity contribution in [3.05, 3.63) is 88.4 Å². The second-order valence-corrected chi connectivity index (χ2v) is 12.8. The molecule has 0 N–H and O–H groups in total. The van der Waals surface area contributed by atoms with Gasteiger partial charge in [-0.15, -0.1) is 0 Å². The van der Waals surface area contributed by atoms with Gasteiger partial charge in [-0.3, -0.25) is 9.21 Å². The summed E-state index contributed by atoms with van der Waals surface area (Å²) in [5.41, 5.74) is 2.01. The summed E-state index contributed by atoms with van der Waals surface area (Å²) >= 11 is 12.3. The topological polar surface area (TPSA) is 49.9 Å². The van der Waals surface area contributed by atoms with Gasteiger partial charge in [-0.2, -0.15) is 0 Å². The second kappa shape index (κ2) is 11.9. The molecule has 3 aromatic carbocycles. The molecule has 0 bridgehead atoms. The Labute approximate surface area is 236 Å². The molecule has 1 aliphatic heterocycles. The Kier molecular flexibility index (Phi) is 8.53. The van der Waals surface area contributed by atoms with Crippen LogP contribution in [0.25, 0.3) is 0 Å². The van der Waals surface area contributed by atoms with E-state index in [0.29, 0.717) is 28.4 Å². The van der Waals surface area contributed by atoms with E-state index in [1.54, 1.807) is 17.5 Å². The Morgan fingerprint density at radius 2 is 1.58 bits per heavy atom. The molecular formula is C30H34Cl2N2O3S. The van der Waals surface area contributed by atoms with Gasteiger partial charge in [0, 0.05) is 31.2 Å². The van der Waals surface area contributed by atoms with Crippen LogP contribution >= 0.6 is 23.2 Å². The number of methoxy groups -OCH3 is 1. The Morgan fingerprint density at radius 1 is 0.842 bits per heavy atom. The quantitative estimate of drug-likeness (QED) is 0.296. The number of hydrogen-bond acceptors (Lipinski definition) is 4. The Hall–Kier alpha value is -2.25. The van der Waals surface area contributed by atoms with Crippen molar-refractivity contribution in [3.63, 3.8) is 0 Å². The lowest BCUT2D eigenvalue weighted by Crippen LogP contribution is -2.51. The van der Waals surface area contributed by atoms with Crippen LogP contribution in [0, 0.1) is 0 Å². The molecule has 5 rings (SSSR count). The van der Waals surface area contributed by atoms with E-state index in [9.17, 15) is 8.42 Å². The molecule has 1 aliphatic carbocycles. The van der Waals surface area contributed by atoms with Crippen molar-refractivity contribution in [2.75, 3.05) is 24.5 Å². The smallest absolute Gasteiger partial charge is 0.264 e. The number of halogens is 2. The van der Waals surface area contributed by atoms with E-state index in [2.05, 4.69) is 35.2 Å². The highest BCUT2D eigenvalue weighted by Gasteiger charge is 2.38. The van der Waals surface area contributed by atoms with Crippen LogP contribution in [0.2, 0.25) is 10.0 Å². The van der Waals surface area contributed by atoms with Crippen molar-refractivity contribution in [1.29, 1.82) is 0 Å². The van der Waals surface area contributed by atoms with E-state index < -0.39 is 10.0 Å². The largest absolute Gasteiger partial charge is 0.497 e. The van der Waals surface area contributed by atoms with Crippen LogP contribution in [-0.2, 0) is 10.0 Å². The fraction of sp³-hybridized carbons (Fsp3) is 0.400. The van der Waals surface area contributed by atoms with Gasteiger partial charge in [0.15, 0.2) is 0 Å². The zero-order chi connectivity index (χ0) is 26.7. The maximum absolute atomic E-state index is 14.1. The third-order valence-corrected chi connectivity index (χ3v) is 10.6. The van der Waals surface area contributed by atoms with Crippen LogP contribution < -0.4 is 9.04 Å². The van der Waals surface area contributed by atoms with Gasteiger partial charge in [0.1, 0.15) is 5.75 Å². The summed E-state index contributed by atoms with van der Waals surface area (Å²) in [5.74, 6) is 1.14. The highest BCUT2D eigenvalue weighted by Crippen LogP contribution is 2.39. The average Bonchev–Trinajstić information content (AvgIpc) is 2.95. The van der Waals surface area contributed by atoms with Gasteiger partial charge in [0.25, 0.3) is 10.0 Å². The molecule has 1 heterocycles. The lowest BCUT2D eigenvalue weighted by atomic mass is 9.78. The first-order chi connectivity index (χ1) is 18.4. The van der Waals surface area contributed by atoms with Crippen LogP contribution in [-0.4, -0.2) is 45.6 Å². The Morgan fingerprint density at radius 3 is 2.29 bits per heavy atom. The third kappa shape index (κ3) is 5.69. The molecule has 2 unspecified atom stereocenters. The molecule has 1 saturated heterocycles. The lowest BCUT2D eigenvalue weighted by molar-refractivity contribution is 0.107. The summed E-state index contributed by atoms with van der Waals surface area (Å²) in [4.78, 5) is 2.73. The maximum atomic E-state index is 14.1. The van der Waals surface area contributed by atoms with Crippen LogP contribution in [0.3, 0.4) is 0 Å². The summed E-state index contributed by atoms with van der Waals surface area (Å²) in [6, 6.07) is 22.9. The van der Waals surface area contributed by atoms with Gasteiger partial charge >= 0.3 is 0 Å². The number of nitrogens with zero attached hydrogens (tertiary/aromatic N) is 2. The Balaban J connectivity index is 1.42. The molecule has 1 saturated carbocycles. The third-order valence-electron chi connectivity index (χ3n) is 8.01. The zero-order valence-electron chi connectivity index (χ0n) is 21.6. The highest BCUT2D eigenvalue weighted by atomic mass is 35.5. The van der Waals surface area contributed by atoms with Crippen LogP contribution in [0.5, 0.6) is 5.75 Å². The lowest BCUT2D eigenvalue weighted by Gasteiger charge is -2.45. The fourth-order valence-corrected chi connectivity index (χ4v) is 8.22. The van der Waals surface area contributed by atoms with Gasteiger partial charge < -0.3 is 4.74 Å². The number of rotatable bonds is 7. The molecule has 5 nitrogen and oxygen atoms in total. The highest BCUT2D eigenvalue weighted by molar-refractivity contribution is 7.92. The van der Waals surface area contributed by atoms with Gasteiger partial charge in [-0.25, -0.2) is 8.42 Å². The second-order valence-electron chi connectivity index (χ2n) is 10.2. The molecule has 2 aliphatic rings. The number of sulfonamides is 1. The van der Waals surface area contributed by atoms with E-state index in [1.807, 2.05) is 18.2 Å². The number of likely N-dealkylation sites (tertiary alicyclic amines) is 1. The first-order valence-corrected chi connectivity index (χ1v) is 15.5. The molecule has 8 heteroatoms. The summed E-state index contributed by atoms with van der Waals surface area (Å²) in [5, 5.41) is 0.546. The number of ether oxygens (including phenoxy) is 1. The first-order valence-electron chi connectivity index (χ1n) is 13.3. The van der Waals surface area contributed by atoms with Gasteiger partial charge in [-0.05, 0) is 67.5 Å². The predicted molar refractivity (Wildman–Crippen MR) is 155 cm³/mol. The van der Waals surface area contributed by atoms with Crippen molar-refractivity contribution in [1.82, 2.24) is 4.90 Å². The van der Waals surface area contributed by atoms with Crippen molar-refractivity contribution >= 4 is 38.9 Å². The zero-order valence-corrected chi connectivity index (χ0v) is 23.9. The SMILES string of the molecule is COc1cccc(N(C2CCN(C3CCCCC3c3ccccc3)CC2)S(=O)(=O)c2ccc(Cl)c(Cl)c2)c1. The molecule has 0 aromatic heterocycles. The number of piperidine rings is 1. The molecule has 38 heavy (non-hydrogen) atoms. The summed E-state index contributed by atoms with van der Waals surface area (Å²) in [7, 11) is -2.31. The summed E-state index contributed by atoms with van der Waals surface area (Å²) < 4.78 is 35.2. The molecule has 0 radical (unpaired) electrons. The molecule has 2 fully saturated rings. The standard InChI is InChI=1S/C30H34Cl2N2O3S/c1-37-25-11-7-10-24(20-25)34(38(35,36)26-14-15-28(31)29(32)21-26)23-16-18-33(19-17-23)30-13-6-5-12-27(30)22-8-3-2-4-9-22/h2-4,7-11,14-15,20-21,23,27,30H,5-6,12-13,16-19H2,1H3. The van der Waals surface area contributed by atoms with E-state index in [4.69, 9.17) is 27.9 Å².